The van der Waals surface area contributed by atoms with Crippen LogP contribution in [0.2, 0.25) is 0 Å². The van der Waals surface area contributed by atoms with Crippen LogP contribution in [0.15, 0.2) is 15.9 Å². The lowest BCUT2D eigenvalue weighted by atomic mass is 9.87. The van der Waals surface area contributed by atoms with Crippen LogP contribution < -0.4 is 0 Å². The van der Waals surface area contributed by atoms with Gasteiger partial charge in [-0.3, -0.25) is 0 Å². The average molecular weight is 318 g/mol. The first-order valence-corrected chi connectivity index (χ1v) is 7.54. The molecule has 0 aliphatic carbocycles. The van der Waals surface area contributed by atoms with Gasteiger partial charge >= 0.3 is 0 Å². The molecule has 0 fully saturated rings. The highest BCUT2D eigenvalue weighted by Gasteiger charge is 2.24. The summed E-state index contributed by atoms with van der Waals surface area (Å²) in [6, 6.07) is 2.14. The van der Waals surface area contributed by atoms with E-state index in [4.69, 9.17) is 0 Å². The fourth-order valence-electron chi connectivity index (χ4n) is 2.12. The van der Waals surface area contributed by atoms with Crippen molar-refractivity contribution in [3.63, 3.8) is 0 Å². The van der Waals surface area contributed by atoms with E-state index in [1.165, 1.54) is 4.88 Å². The quantitative estimate of drug-likeness (QED) is 0.710. The Hall–Kier alpha value is -0.190. The van der Waals surface area contributed by atoms with Crippen molar-refractivity contribution in [3.05, 3.63) is 20.8 Å². The third-order valence-electron chi connectivity index (χ3n) is 2.78. The van der Waals surface area contributed by atoms with Crippen LogP contribution in [0.25, 0.3) is 0 Å². The van der Waals surface area contributed by atoms with Gasteiger partial charge in [0.15, 0.2) is 0 Å². The molecule has 0 saturated carbocycles. The summed E-state index contributed by atoms with van der Waals surface area (Å²) in [6.07, 6.45) is 3.11. The van der Waals surface area contributed by atoms with Gasteiger partial charge in [-0.2, -0.15) is 0 Å². The highest BCUT2D eigenvalue weighted by atomic mass is 79.9. The summed E-state index contributed by atoms with van der Waals surface area (Å²) in [6.45, 7) is 5.89. The topological polar surface area (TPSA) is 20.3 Å². The Bertz CT molecular complexity index is 366. The Morgan fingerprint density at radius 1 is 1.59 bits per heavy atom. The predicted molar refractivity (Wildman–Crippen MR) is 77.4 cm³/mol. The second-order valence-electron chi connectivity index (χ2n) is 4.93. The number of hydrogen-bond donors (Lipinski definition) is 0. The molecule has 0 spiro atoms. The number of carbonyl (C=O) groups is 1. The minimum Gasteiger partial charge on any atom is -0.303 e. The Morgan fingerprint density at radius 3 is 2.76 bits per heavy atom. The molecule has 17 heavy (non-hydrogen) atoms. The van der Waals surface area contributed by atoms with Crippen molar-refractivity contribution in [3.8, 4) is 0 Å². The molecule has 0 aliphatic rings. The lowest BCUT2D eigenvalue weighted by Crippen LogP contribution is -2.34. The first kappa shape index (κ1) is 14.9. The number of halogens is 1. The van der Waals surface area contributed by atoms with Gasteiger partial charge in [-0.15, -0.1) is 11.3 Å². The maximum Gasteiger partial charge on any atom is 0.127 e. The molecule has 0 N–H and O–H groups in total. The third kappa shape index (κ3) is 4.90. The molecule has 1 aromatic heterocycles. The van der Waals surface area contributed by atoms with E-state index in [1.807, 2.05) is 6.92 Å². The molecule has 1 unspecified atom stereocenters. The Labute approximate surface area is 116 Å². The molecule has 2 nitrogen and oxygen atoms in total. The number of carbonyl (C=O) groups excluding carboxylic acids is 1. The van der Waals surface area contributed by atoms with Crippen LogP contribution in [0.1, 0.15) is 31.6 Å². The molecule has 0 bridgehead atoms. The van der Waals surface area contributed by atoms with Crippen molar-refractivity contribution >= 4 is 33.6 Å². The highest BCUT2D eigenvalue weighted by molar-refractivity contribution is 9.10. The van der Waals surface area contributed by atoms with E-state index in [0.29, 0.717) is 0 Å². The van der Waals surface area contributed by atoms with Gasteiger partial charge in [0.2, 0.25) is 0 Å². The molecule has 0 amide bonds. The molecule has 96 valence electrons. The third-order valence-corrected chi connectivity index (χ3v) is 4.47. The van der Waals surface area contributed by atoms with E-state index in [-0.39, 0.29) is 5.41 Å². The molecule has 0 saturated heterocycles. The van der Waals surface area contributed by atoms with Gasteiger partial charge in [0.25, 0.3) is 0 Å². The maximum atomic E-state index is 11.2. The number of hydrogen-bond acceptors (Lipinski definition) is 3. The molecule has 0 aromatic carbocycles. The van der Waals surface area contributed by atoms with Gasteiger partial charge in [0, 0.05) is 33.2 Å². The van der Waals surface area contributed by atoms with Crippen LogP contribution >= 0.6 is 27.3 Å². The van der Waals surface area contributed by atoms with Crippen molar-refractivity contribution in [1.82, 2.24) is 4.90 Å². The first-order valence-electron chi connectivity index (χ1n) is 5.87. The van der Waals surface area contributed by atoms with Gasteiger partial charge in [-0.1, -0.05) is 20.3 Å². The van der Waals surface area contributed by atoms with E-state index < -0.39 is 0 Å². The van der Waals surface area contributed by atoms with Gasteiger partial charge in [0.05, 0.1) is 0 Å². The molecule has 1 atom stereocenters. The summed E-state index contributed by atoms with van der Waals surface area (Å²) in [5.41, 5.74) is -0.210. The summed E-state index contributed by atoms with van der Waals surface area (Å²) < 4.78 is 1.14. The second kappa shape index (κ2) is 6.66. The summed E-state index contributed by atoms with van der Waals surface area (Å²) in [5.74, 6) is 0. The largest absolute Gasteiger partial charge is 0.303 e. The SMILES string of the molecule is CCCC(C)(C=O)CN(C)Cc1cc(Br)cs1. The molecule has 1 heterocycles. The number of thiophene rings is 1. The summed E-state index contributed by atoms with van der Waals surface area (Å²) >= 11 is 5.21. The van der Waals surface area contributed by atoms with Crippen molar-refractivity contribution in [2.45, 2.75) is 33.2 Å². The standard InChI is InChI=1S/C13H20BrNOS/c1-4-5-13(2,10-16)9-15(3)7-12-6-11(14)8-17-12/h6,8,10H,4-5,7,9H2,1-3H3. The smallest absolute Gasteiger partial charge is 0.127 e. The zero-order valence-corrected chi connectivity index (χ0v) is 13.1. The minimum absolute atomic E-state index is 0.210. The van der Waals surface area contributed by atoms with E-state index in [0.717, 1.165) is 36.7 Å². The zero-order valence-electron chi connectivity index (χ0n) is 10.7. The molecular weight excluding hydrogens is 298 g/mol. The monoisotopic (exact) mass is 317 g/mol. The number of nitrogens with zero attached hydrogens (tertiary/aromatic N) is 1. The van der Waals surface area contributed by atoms with Crippen LogP contribution in [0.5, 0.6) is 0 Å². The van der Waals surface area contributed by atoms with Crippen molar-refractivity contribution < 1.29 is 4.79 Å². The van der Waals surface area contributed by atoms with E-state index in [9.17, 15) is 4.79 Å². The van der Waals surface area contributed by atoms with Crippen LogP contribution in [0.3, 0.4) is 0 Å². The molecular formula is C13H20BrNOS. The van der Waals surface area contributed by atoms with E-state index in [1.54, 1.807) is 11.3 Å². The Balaban J connectivity index is 2.53. The summed E-state index contributed by atoms with van der Waals surface area (Å²) in [4.78, 5) is 14.7. The predicted octanol–water partition coefficient (Wildman–Crippen LogP) is 3.95. The van der Waals surface area contributed by atoms with Crippen LogP contribution in [0.4, 0.5) is 0 Å². The van der Waals surface area contributed by atoms with Gasteiger partial charge in [-0.25, -0.2) is 0 Å². The molecule has 1 aromatic rings. The van der Waals surface area contributed by atoms with Crippen LogP contribution in [-0.4, -0.2) is 24.8 Å². The average Bonchev–Trinajstić information content (AvgIpc) is 2.64. The van der Waals surface area contributed by atoms with E-state index >= 15 is 0 Å². The van der Waals surface area contributed by atoms with Crippen molar-refractivity contribution in [2.24, 2.45) is 5.41 Å². The van der Waals surface area contributed by atoms with Gasteiger partial charge < -0.3 is 9.69 Å². The van der Waals surface area contributed by atoms with Crippen LogP contribution in [0, 0.1) is 5.41 Å². The minimum atomic E-state index is -0.210. The lowest BCUT2D eigenvalue weighted by molar-refractivity contribution is -0.116. The fourth-order valence-corrected chi connectivity index (χ4v) is 3.65. The zero-order chi connectivity index (χ0) is 12.9. The van der Waals surface area contributed by atoms with Crippen LogP contribution in [-0.2, 0) is 11.3 Å². The molecule has 0 aliphatic heterocycles. The second-order valence-corrected chi connectivity index (χ2v) is 6.84. The Morgan fingerprint density at radius 2 is 2.29 bits per heavy atom. The first-order chi connectivity index (χ1) is 7.99. The number of aldehydes is 1. The lowest BCUT2D eigenvalue weighted by Gasteiger charge is -2.28. The maximum absolute atomic E-state index is 11.2. The molecule has 1 rings (SSSR count). The number of rotatable bonds is 7. The van der Waals surface area contributed by atoms with Crippen molar-refractivity contribution in [2.75, 3.05) is 13.6 Å². The summed E-state index contributed by atoms with van der Waals surface area (Å²) in [7, 11) is 2.07. The molecule has 4 heteroatoms. The normalized spacial score (nSPS) is 14.9. The summed E-state index contributed by atoms with van der Waals surface area (Å²) in [5, 5.41) is 2.09. The fraction of sp³-hybridized carbons (Fsp3) is 0.615. The Kier molecular flexibility index (Phi) is 5.83. The van der Waals surface area contributed by atoms with E-state index in [2.05, 4.69) is 46.2 Å². The van der Waals surface area contributed by atoms with Crippen molar-refractivity contribution in [1.29, 1.82) is 0 Å². The highest BCUT2D eigenvalue weighted by Crippen LogP contribution is 2.24. The van der Waals surface area contributed by atoms with Gasteiger partial charge in [0.1, 0.15) is 6.29 Å². The molecule has 0 radical (unpaired) electrons. The van der Waals surface area contributed by atoms with Gasteiger partial charge in [-0.05, 0) is 35.5 Å².